The minimum absolute atomic E-state index is 0.00351. The number of ether oxygens (including phenoxy) is 2. The van der Waals surface area contributed by atoms with E-state index in [0.29, 0.717) is 5.75 Å². The Hall–Kier alpha value is -2.63. The number of benzene rings is 1. The van der Waals surface area contributed by atoms with Crippen molar-refractivity contribution in [2.45, 2.75) is 20.0 Å². The van der Waals surface area contributed by atoms with E-state index in [1.54, 1.807) is 12.1 Å². The molecule has 2 rings (SSSR count). The largest absolute Gasteiger partial charge is 0.485 e. The van der Waals surface area contributed by atoms with Crippen molar-refractivity contribution in [2.75, 3.05) is 0 Å². The lowest BCUT2D eigenvalue weighted by Gasteiger charge is -2.14. The fourth-order valence-corrected chi connectivity index (χ4v) is 1.66. The Kier molecular flexibility index (Phi) is 4.37. The van der Waals surface area contributed by atoms with Crippen LogP contribution < -0.4 is 9.47 Å². The zero-order chi connectivity index (χ0) is 15.4. The van der Waals surface area contributed by atoms with Crippen LogP contribution in [0.2, 0.25) is 0 Å². The highest BCUT2D eigenvalue weighted by atomic mass is 19.1. The molecule has 0 aliphatic carbocycles. The van der Waals surface area contributed by atoms with Crippen LogP contribution in [0.4, 0.5) is 4.39 Å². The van der Waals surface area contributed by atoms with Crippen molar-refractivity contribution in [3.8, 4) is 17.4 Å². The van der Waals surface area contributed by atoms with E-state index in [9.17, 15) is 9.18 Å². The number of pyridine rings is 1. The van der Waals surface area contributed by atoms with Gasteiger partial charge in [0.15, 0.2) is 5.75 Å². The topological polar surface area (TPSA) is 68.7 Å². The van der Waals surface area contributed by atoms with Crippen LogP contribution in [-0.4, -0.2) is 22.2 Å². The van der Waals surface area contributed by atoms with E-state index in [-0.39, 0.29) is 23.3 Å². The highest BCUT2D eigenvalue weighted by molar-refractivity contribution is 5.91. The molecule has 0 atom stereocenters. The average molecular weight is 291 g/mol. The molecular formula is C15H14FNO4. The van der Waals surface area contributed by atoms with Crippen LogP contribution in [0.5, 0.6) is 17.4 Å². The van der Waals surface area contributed by atoms with Gasteiger partial charge in [-0.15, -0.1) is 0 Å². The van der Waals surface area contributed by atoms with E-state index in [1.165, 1.54) is 12.3 Å². The molecule has 0 radical (unpaired) electrons. The molecule has 0 aliphatic heterocycles. The predicted octanol–water partition coefficient (Wildman–Crippen LogP) is 3.50. The first-order valence-electron chi connectivity index (χ1n) is 6.29. The maximum Gasteiger partial charge on any atom is 0.339 e. The summed E-state index contributed by atoms with van der Waals surface area (Å²) in [6, 6.07) is 6.59. The van der Waals surface area contributed by atoms with E-state index >= 15 is 0 Å². The lowest BCUT2D eigenvalue weighted by Crippen LogP contribution is -2.08. The number of hydrogen-bond acceptors (Lipinski definition) is 4. The van der Waals surface area contributed by atoms with Crippen molar-refractivity contribution < 1.29 is 23.8 Å². The molecule has 5 nitrogen and oxygen atoms in total. The molecule has 6 heteroatoms. The normalized spacial score (nSPS) is 10.5. The van der Waals surface area contributed by atoms with Gasteiger partial charge in [-0.2, -0.15) is 0 Å². The number of carboxylic acids is 1. The quantitative estimate of drug-likeness (QED) is 0.913. The maximum atomic E-state index is 13.1. The van der Waals surface area contributed by atoms with E-state index in [4.69, 9.17) is 14.6 Å². The van der Waals surface area contributed by atoms with E-state index in [2.05, 4.69) is 4.98 Å². The number of aromatic carboxylic acids is 1. The molecule has 0 amide bonds. The van der Waals surface area contributed by atoms with Gasteiger partial charge in [-0.25, -0.2) is 14.2 Å². The van der Waals surface area contributed by atoms with Crippen molar-refractivity contribution in [2.24, 2.45) is 0 Å². The summed E-state index contributed by atoms with van der Waals surface area (Å²) in [6.45, 7) is 3.69. The van der Waals surface area contributed by atoms with E-state index < -0.39 is 11.8 Å². The highest BCUT2D eigenvalue weighted by Crippen LogP contribution is 2.31. The Morgan fingerprint density at radius 3 is 2.71 bits per heavy atom. The molecule has 1 heterocycles. The number of carboxylic acid groups (broad SMARTS) is 1. The standard InChI is InChI=1S/C15H14FNO4/c1-9(2)20-13-4-3-7-17-14(13)21-12-6-5-10(16)8-11(12)15(18)19/h3-9H,1-2H3,(H,18,19). The monoisotopic (exact) mass is 291 g/mol. The molecule has 1 aromatic carbocycles. The van der Waals surface area contributed by atoms with Gasteiger partial charge in [-0.05, 0) is 44.2 Å². The molecule has 0 fully saturated rings. The van der Waals surface area contributed by atoms with Gasteiger partial charge in [0.2, 0.25) is 0 Å². The fraction of sp³-hybridized carbons (Fsp3) is 0.200. The number of rotatable bonds is 5. The van der Waals surface area contributed by atoms with Crippen LogP contribution in [0.1, 0.15) is 24.2 Å². The number of carbonyl (C=O) groups is 1. The summed E-state index contributed by atoms with van der Waals surface area (Å²) in [7, 11) is 0. The minimum atomic E-state index is -1.29. The van der Waals surface area contributed by atoms with Crippen molar-refractivity contribution >= 4 is 5.97 Å². The minimum Gasteiger partial charge on any atom is -0.485 e. The molecule has 0 unspecified atom stereocenters. The van der Waals surface area contributed by atoms with Crippen molar-refractivity contribution in [3.63, 3.8) is 0 Å². The summed E-state index contributed by atoms with van der Waals surface area (Å²) in [5.41, 5.74) is -0.281. The van der Waals surface area contributed by atoms with Gasteiger partial charge in [0.05, 0.1) is 6.10 Å². The van der Waals surface area contributed by atoms with Crippen LogP contribution in [0.3, 0.4) is 0 Å². The Morgan fingerprint density at radius 1 is 1.29 bits per heavy atom. The Labute approximate surface area is 121 Å². The summed E-state index contributed by atoms with van der Waals surface area (Å²) >= 11 is 0. The molecule has 0 spiro atoms. The van der Waals surface area contributed by atoms with Gasteiger partial charge < -0.3 is 14.6 Å². The lowest BCUT2D eigenvalue weighted by atomic mass is 10.2. The fourth-order valence-electron chi connectivity index (χ4n) is 1.66. The Morgan fingerprint density at radius 2 is 2.05 bits per heavy atom. The molecule has 0 bridgehead atoms. The zero-order valence-corrected chi connectivity index (χ0v) is 11.5. The predicted molar refractivity (Wildman–Crippen MR) is 73.4 cm³/mol. The molecule has 110 valence electrons. The number of aromatic nitrogens is 1. The van der Waals surface area contributed by atoms with Crippen LogP contribution in [0.25, 0.3) is 0 Å². The molecule has 1 N–H and O–H groups in total. The van der Waals surface area contributed by atoms with E-state index in [0.717, 1.165) is 12.1 Å². The second kappa shape index (κ2) is 6.21. The first-order valence-corrected chi connectivity index (χ1v) is 6.29. The summed E-state index contributed by atoms with van der Waals surface area (Å²) in [5, 5.41) is 9.08. The van der Waals surface area contributed by atoms with Gasteiger partial charge in [0.1, 0.15) is 17.1 Å². The highest BCUT2D eigenvalue weighted by Gasteiger charge is 2.16. The van der Waals surface area contributed by atoms with Crippen molar-refractivity contribution in [1.82, 2.24) is 4.98 Å². The molecule has 21 heavy (non-hydrogen) atoms. The molecule has 0 saturated heterocycles. The third kappa shape index (κ3) is 3.68. The summed E-state index contributed by atoms with van der Waals surface area (Å²) in [5.74, 6) is -1.43. The number of nitrogens with zero attached hydrogens (tertiary/aromatic N) is 1. The number of hydrogen-bond donors (Lipinski definition) is 1. The van der Waals surface area contributed by atoms with Crippen molar-refractivity contribution in [1.29, 1.82) is 0 Å². The Bertz CT molecular complexity index is 658. The van der Waals surface area contributed by atoms with Crippen LogP contribution in [-0.2, 0) is 0 Å². The van der Waals surface area contributed by atoms with Crippen molar-refractivity contribution in [3.05, 3.63) is 47.9 Å². The third-order valence-corrected chi connectivity index (χ3v) is 2.48. The van der Waals surface area contributed by atoms with Gasteiger partial charge in [0, 0.05) is 6.20 Å². The lowest BCUT2D eigenvalue weighted by molar-refractivity contribution is 0.0693. The van der Waals surface area contributed by atoms with Crippen LogP contribution >= 0.6 is 0 Å². The number of halogens is 1. The van der Waals surface area contributed by atoms with Gasteiger partial charge in [-0.1, -0.05) is 0 Å². The van der Waals surface area contributed by atoms with Gasteiger partial charge >= 0.3 is 5.97 Å². The zero-order valence-electron chi connectivity index (χ0n) is 11.5. The molecule has 1 aromatic heterocycles. The van der Waals surface area contributed by atoms with Gasteiger partial charge in [-0.3, -0.25) is 0 Å². The maximum absolute atomic E-state index is 13.1. The van der Waals surface area contributed by atoms with Crippen LogP contribution in [0.15, 0.2) is 36.5 Å². The van der Waals surface area contributed by atoms with Gasteiger partial charge in [0.25, 0.3) is 5.88 Å². The second-order valence-corrected chi connectivity index (χ2v) is 4.52. The smallest absolute Gasteiger partial charge is 0.339 e. The Balaban J connectivity index is 2.37. The summed E-state index contributed by atoms with van der Waals surface area (Å²) < 4.78 is 24.1. The SMILES string of the molecule is CC(C)Oc1cccnc1Oc1ccc(F)cc1C(=O)O. The molecule has 2 aromatic rings. The first-order chi connectivity index (χ1) is 9.97. The molecular weight excluding hydrogens is 277 g/mol. The third-order valence-electron chi connectivity index (χ3n) is 2.48. The summed E-state index contributed by atoms with van der Waals surface area (Å²) in [6.07, 6.45) is 1.40. The first kappa shape index (κ1) is 14.8. The average Bonchev–Trinajstić information content (AvgIpc) is 2.42. The summed E-state index contributed by atoms with van der Waals surface area (Å²) in [4.78, 5) is 15.1. The second-order valence-electron chi connectivity index (χ2n) is 4.52. The van der Waals surface area contributed by atoms with E-state index in [1.807, 2.05) is 13.8 Å². The van der Waals surface area contributed by atoms with Crippen LogP contribution in [0, 0.1) is 5.82 Å². The molecule has 0 aliphatic rings. The molecule has 0 saturated carbocycles.